The third-order valence-corrected chi connectivity index (χ3v) is 7.34. The average Bonchev–Trinajstić information content (AvgIpc) is 3.24. The summed E-state index contributed by atoms with van der Waals surface area (Å²) in [5.74, 6) is 0.280. The van der Waals surface area contributed by atoms with Gasteiger partial charge in [-0.3, -0.25) is 0 Å². The molecule has 1 fully saturated rings. The monoisotopic (exact) mass is 499 g/mol. The van der Waals surface area contributed by atoms with Crippen LogP contribution < -0.4 is 11.5 Å². The van der Waals surface area contributed by atoms with Crippen LogP contribution >= 0.6 is 22.6 Å². The lowest BCUT2D eigenvalue weighted by molar-refractivity contribution is 0.354. The Labute approximate surface area is 170 Å². The van der Waals surface area contributed by atoms with Crippen molar-refractivity contribution < 1.29 is 8.42 Å². The first-order valence-electron chi connectivity index (χ1n) is 8.37. The molecule has 0 aliphatic carbocycles. The number of halogens is 1. The van der Waals surface area contributed by atoms with E-state index in [1.165, 1.54) is 0 Å². The molecule has 3 heterocycles. The molecule has 1 atom stereocenters. The Hall–Kier alpha value is -1.99. The summed E-state index contributed by atoms with van der Waals surface area (Å²) in [5.41, 5.74) is 12.5. The molecule has 4 N–H and O–H groups in total. The molecule has 9 nitrogen and oxygen atoms in total. The van der Waals surface area contributed by atoms with Gasteiger partial charge in [0.15, 0.2) is 11.5 Å². The first-order valence-corrected chi connectivity index (χ1v) is 10.9. The van der Waals surface area contributed by atoms with Crippen molar-refractivity contribution in [1.29, 1.82) is 0 Å². The SMILES string of the molecule is Nc1nc(N)c2ncn(C[C@@H]3CCCN3S(=O)(=O)c3ccc(I)cc3)c2n1. The number of rotatable bonds is 4. The molecular weight excluding hydrogens is 481 g/mol. The lowest BCUT2D eigenvalue weighted by Gasteiger charge is -2.24. The van der Waals surface area contributed by atoms with Crippen LogP contribution in [0.3, 0.4) is 0 Å². The number of sulfonamides is 1. The molecule has 4 rings (SSSR count). The van der Waals surface area contributed by atoms with Gasteiger partial charge < -0.3 is 16.0 Å². The lowest BCUT2D eigenvalue weighted by atomic mass is 10.2. The normalized spacial score (nSPS) is 18.3. The van der Waals surface area contributed by atoms with Crippen molar-refractivity contribution in [2.45, 2.75) is 30.3 Å². The minimum absolute atomic E-state index is 0.0662. The average molecular weight is 499 g/mol. The van der Waals surface area contributed by atoms with Gasteiger partial charge in [-0.15, -0.1) is 0 Å². The van der Waals surface area contributed by atoms with Crippen molar-refractivity contribution in [2.24, 2.45) is 0 Å². The van der Waals surface area contributed by atoms with E-state index < -0.39 is 10.0 Å². The molecule has 1 aliphatic heterocycles. The summed E-state index contributed by atoms with van der Waals surface area (Å²) in [6.07, 6.45) is 3.17. The summed E-state index contributed by atoms with van der Waals surface area (Å²) in [6.45, 7) is 0.918. The van der Waals surface area contributed by atoms with Crippen LogP contribution in [0.4, 0.5) is 11.8 Å². The van der Waals surface area contributed by atoms with Crippen LogP contribution in [0.1, 0.15) is 12.8 Å². The first-order chi connectivity index (χ1) is 12.9. The summed E-state index contributed by atoms with van der Waals surface area (Å²) in [6, 6.07) is 6.69. The summed E-state index contributed by atoms with van der Waals surface area (Å²) in [5, 5.41) is 0. The van der Waals surface area contributed by atoms with Gasteiger partial charge in [-0.2, -0.15) is 14.3 Å². The minimum Gasteiger partial charge on any atom is -0.382 e. The maximum absolute atomic E-state index is 13.1. The van der Waals surface area contributed by atoms with E-state index in [1.807, 2.05) is 0 Å². The summed E-state index contributed by atoms with van der Waals surface area (Å²) >= 11 is 2.15. The third-order valence-electron chi connectivity index (χ3n) is 4.66. The molecule has 1 aliphatic rings. The number of nitrogen functional groups attached to an aromatic ring is 2. The van der Waals surface area contributed by atoms with Crippen LogP contribution in [-0.2, 0) is 16.6 Å². The fraction of sp³-hybridized carbons (Fsp3) is 0.312. The Morgan fingerprint density at radius 3 is 2.67 bits per heavy atom. The van der Waals surface area contributed by atoms with Gasteiger partial charge in [0.25, 0.3) is 0 Å². The number of hydrogen-bond acceptors (Lipinski definition) is 7. The molecule has 1 saturated heterocycles. The highest BCUT2D eigenvalue weighted by Crippen LogP contribution is 2.28. The zero-order valence-corrected chi connectivity index (χ0v) is 17.3. The Balaban J connectivity index is 1.65. The molecule has 0 unspecified atom stereocenters. The fourth-order valence-corrected chi connectivity index (χ4v) is 5.44. The molecular formula is C16H18IN7O2S. The lowest BCUT2D eigenvalue weighted by Crippen LogP contribution is -2.38. The van der Waals surface area contributed by atoms with Crippen LogP contribution in [-0.4, -0.2) is 44.8 Å². The topological polar surface area (TPSA) is 133 Å². The number of fused-ring (bicyclic) bond motifs is 1. The second kappa shape index (κ2) is 6.87. The number of imidazole rings is 1. The molecule has 0 spiro atoms. The van der Waals surface area contributed by atoms with Crippen molar-refractivity contribution in [3.8, 4) is 0 Å². The standard InChI is InChI=1S/C16H18IN7O2S/c17-10-3-5-12(6-4-10)27(25,26)24-7-1-2-11(24)8-23-9-20-13-14(18)21-16(19)22-15(13)23/h3-6,9,11H,1-2,7-8H2,(H4,18,19,21,22)/t11-/m0/s1. The van der Waals surface area contributed by atoms with Crippen LogP contribution in [0, 0.1) is 3.57 Å². The Bertz CT molecular complexity index is 1100. The zero-order valence-electron chi connectivity index (χ0n) is 14.3. The smallest absolute Gasteiger partial charge is 0.243 e. The highest BCUT2D eigenvalue weighted by atomic mass is 127. The van der Waals surface area contributed by atoms with E-state index in [9.17, 15) is 8.42 Å². The quantitative estimate of drug-likeness (QED) is 0.519. The third kappa shape index (κ3) is 3.34. The maximum Gasteiger partial charge on any atom is 0.243 e. The van der Waals surface area contributed by atoms with E-state index in [0.717, 1.165) is 16.4 Å². The highest BCUT2D eigenvalue weighted by Gasteiger charge is 2.35. The second-order valence-electron chi connectivity index (χ2n) is 6.40. The highest BCUT2D eigenvalue weighted by molar-refractivity contribution is 14.1. The maximum atomic E-state index is 13.1. The van der Waals surface area contributed by atoms with Gasteiger partial charge in [0, 0.05) is 22.7 Å². The van der Waals surface area contributed by atoms with Crippen LogP contribution in [0.15, 0.2) is 35.5 Å². The van der Waals surface area contributed by atoms with Gasteiger partial charge in [-0.1, -0.05) is 0 Å². The molecule has 0 radical (unpaired) electrons. The molecule has 11 heteroatoms. The molecule has 27 heavy (non-hydrogen) atoms. The van der Waals surface area contributed by atoms with Gasteiger partial charge in [0.05, 0.1) is 11.2 Å². The summed E-state index contributed by atoms with van der Waals surface area (Å²) < 4.78 is 30.5. The Kier molecular flexibility index (Phi) is 4.68. The molecule has 3 aromatic rings. The fourth-order valence-electron chi connectivity index (χ4n) is 3.39. The van der Waals surface area contributed by atoms with Crippen LogP contribution in [0.5, 0.6) is 0 Å². The first kappa shape index (κ1) is 18.4. The number of hydrogen-bond donors (Lipinski definition) is 2. The van der Waals surface area contributed by atoms with Crippen molar-refractivity contribution in [3.05, 3.63) is 34.2 Å². The summed E-state index contributed by atoms with van der Waals surface area (Å²) in [7, 11) is -3.56. The molecule has 142 valence electrons. The van der Waals surface area contributed by atoms with Crippen molar-refractivity contribution in [3.63, 3.8) is 0 Å². The second-order valence-corrected chi connectivity index (χ2v) is 9.54. The predicted molar refractivity (Wildman–Crippen MR) is 110 cm³/mol. The van der Waals surface area contributed by atoms with Crippen LogP contribution in [0.25, 0.3) is 11.2 Å². The van der Waals surface area contributed by atoms with E-state index >= 15 is 0 Å². The van der Waals surface area contributed by atoms with Gasteiger partial charge >= 0.3 is 0 Å². The number of aromatic nitrogens is 4. The van der Waals surface area contributed by atoms with E-state index in [1.54, 1.807) is 39.5 Å². The number of benzene rings is 1. The minimum atomic E-state index is -3.56. The Morgan fingerprint density at radius 2 is 1.93 bits per heavy atom. The largest absolute Gasteiger partial charge is 0.382 e. The summed E-state index contributed by atoms with van der Waals surface area (Å²) in [4.78, 5) is 12.7. The van der Waals surface area contributed by atoms with E-state index in [4.69, 9.17) is 11.5 Å². The molecule has 0 amide bonds. The molecule has 1 aromatic carbocycles. The van der Waals surface area contributed by atoms with Crippen molar-refractivity contribution in [1.82, 2.24) is 23.8 Å². The van der Waals surface area contributed by atoms with Crippen molar-refractivity contribution >= 4 is 55.5 Å². The van der Waals surface area contributed by atoms with E-state index in [2.05, 4.69) is 37.5 Å². The van der Waals surface area contributed by atoms with Gasteiger partial charge in [0.1, 0.15) is 5.52 Å². The van der Waals surface area contributed by atoms with Gasteiger partial charge in [-0.05, 0) is 59.7 Å². The van der Waals surface area contributed by atoms with Crippen molar-refractivity contribution in [2.75, 3.05) is 18.0 Å². The molecule has 2 aromatic heterocycles. The predicted octanol–water partition coefficient (Wildman–Crippen LogP) is 1.45. The Morgan fingerprint density at radius 1 is 1.19 bits per heavy atom. The molecule has 0 saturated carbocycles. The van der Waals surface area contributed by atoms with E-state index in [0.29, 0.717) is 29.1 Å². The number of nitrogens with two attached hydrogens (primary N) is 2. The molecule has 0 bridgehead atoms. The van der Waals surface area contributed by atoms with Gasteiger partial charge in [-0.25, -0.2) is 13.4 Å². The van der Waals surface area contributed by atoms with Crippen LogP contribution in [0.2, 0.25) is 0 Å². The number of anilines is 2. The number of nitrogens with zero attached hydrogens (tertiary/aromatic N) is 5. The van der Waals surface area contributed by atoms with Gasteiger partial charge in [0.2, 0.25) is 16.0 Å². The van der Waals surface area contributed by atoms with E-state index in [-0.39, 0.29) is 17.8 Å². The zero-order chi connectivity index (χ0) is 19.2.